The summed E-state index contributed by atoms with van der Waals surface area (Å²) in [7, 11) is 0. The summed E-state index contributed by atoms with van der Waals surface area (Å²) in [6, 6.07) is 16.3. The molecule has 1 aliphatic heterocycles. The number of quaternary nitrogens is 1. The topological polar surface area (TPSA) is 63.2 Å². The van der Waals surface area contributed by atoms with Crippen molar-refractivity contribution in [1.82, 2.24) is 14.8 Å². The lowest BCUT2D eigenvalue weighted by molar-refractivity contribution is -0.914. The number of piperidine rings is 1. The van der Waals surface area contributed by atoms with Crippen molar-refractivity contribution in [3.05, 3.63) is 71.7 Å². The Morgan fingerprint density at radius 3 is 2.67 bits per heavy atom. The van der Waals surface area contributed by atoms with Crippen LogP contribution in [-0.2, 0) is 6.54 Å². The van der Waals surface area contributed by atoms with Gasteiger partial charge in [-0.2, -0.15) is 5.10 Å². The average molecular weight is 362 g/mol. The lowest BCUT2D eigenvalue weighted by atomic mass is 10.1. The molecule has 0 aliphatic carbocycles. The normalized spacial score (nSPS) is 17.1. The van der Waals surface area contributed by atoms with Crippen LogP contribution in [0.5, 0.6) is 0 Å². The van der Waals surface area contributed by atoms with Crippen LogP contribution in [0.1, 0.15) is 34.6 Å². The van der Waals surface area contributed by atoms with Crippen LogP contribution in [0, 0.1) is 6.92 Å². The third kappa shape index (κ3) is 3.90. The Morgan fingerprint density at radius 2 is 1.89 bits per heavy atom. The van der Waals surface area contributed by atoms with Crippen molar-refractivity contribution < 1.29 is 9.69 Å². The van der Waals surface area contributed by atoms with Gasteiger partial charge in [0.15, 0.2) is 0 Å². The molecule has 3 heterocycles. The van der Waals surface area contributed by atoms with Gasteiger partial charge in [0.05, 0.1) is 18.8 Å². The highest BCUT2D eigenvalue weighted by Crippen LogP contribution is 2.11. The Bertz CT molecular complexity index is 967. The number of nitrogens with one attached hydrogen (secondary N) is 2. The zero-order valence-electron chi connectivity index (χ0n) is 15.5. The molecule has 138 valence electrons. The predicted octanol–water partition coefficient (Wildman–Crippen LogP) is 1.61. The van der Waals surface area contributed by atoms with Crippen molar-refractivity contribution in [3.8, 4) is 0 Å². The fourth-order valence-electron chi connectivity index (χ4n) is 3.64. The molecular formula is C21H24N5O+. The Kier molecular flexibility index (Phi) is 4.98. The third-order valence-corrected chi connectivity index (χ3v) is 5.07. The van der Waals surface area contributed by atoms with Gasteiger partial charge in [-0.05, 0) is 19.1 Å². The molecule has 6 nitrogen and oxygen atoms in total. The maximum Gasteiger partial charge on any atom is 0.290 e. The molecule has 0 atom stereocenters. The quantitative estimate of drug-likeness (QED) is 0.693. The second-order valence-corrected chi connectivity index (χ2v) is 7.01. The van der Waals surface area contributed by atoms with Crippen molar-refractivity contribution in [2.24, 2.45) is 5.10 Å². The average Bonchev–Trinajstić information content (AvgIpc) is 3.04. The van der Waals surface area contributed by atoms with Crippen LogP contribution in [0.15, 0.2) is 59.8 Å². The van der Waals surface area contributed by atoms with Crippen LogP contribution in [0.25, 0.3) is 5.65 Å². The molecule has 2 N–H and O–H groups in total. The largest absolute Gasteiger partial charge is 0.331 e. The monoisotopic (exact) mass is 362 g/mol. The Hall–Kier alpha value is -2.99. The van der Waals surface area contributed by atoms with Gasteiger partial charge in [-0.25, -0.2) is 10.4 Å². The highest BCUT2D eigenvalue weighted by Gasteiger charge is 2.20. The SMILES string of the molecule is Cc1nc2ccccn2c1C(=O)NN=C1CC[NH+](Cc2ccccc2)CC1. The van der Waals surface area contributed by atoms with E-state index in [1.807, 2.05) is 37.4 Å². The maximum atomic E-state index is 12.6. The zero-order valence-corrected chi connectivity index (χ0v) is 15.5. The summed E-state index contributed by atoms with van der Waals surface area (Å²) in [6.45, 7) is 4.97. The van der Waals surface area contributed by atoms with Crippen molar-refractivity contribution in [2.75, 3.05) is 13.1 Å². The summed E-state index contributed by atoms with van der Waals surface area (Å²) in [4.78, 5) is 18.6. The minimum Gasteiger partial charge on any atom is -0.331 e. The molecule has 0 spiro atoms. The zero-order chi connectivity index (χ0) is 18.6. The standard InChI is InChI=1S/C21H23N5O/c1-16-20(26-12-6-5-9-19(26)22-16)21(27)24-23-18-10-13-25(14-11-18)15-17-7-3-2-4-8-17/h2-9,12H,10-11,13-15H2,1H3,(H,24,27)/p+1. The van der Waals surface area contributed by atoms with Crippen LogP contribution in [-0.4, -0.2) is 34.1 Å². The summed E-state index contributed by atoms with van der Waals surface area (Å²) in [6.07, 6.45) is 3.67. The first-order valence-corrected chi connectivity index (χ1v) is 9.37. The molecule has 1 amide bonds. The van der Waals surface area contributed by atoms with Crippen molar-refractivity contribution in [1.29, 1.82) is 0 Å². The summed E-state index contributed by atoms with van der Waals surface area (Å²) in [5.41, 5.74) is 7.18. The number of carbonyl (C=O) groups is 1. The Labute approximate surface area is 158 Å². The predicted molar refractivity (Wildman–Crippen MR) is 105 cm³/mol. The van der Waals surface area contributed by atoms with Crippen LogP contribution in [0.2, 0.25) is 0 Å². The first-order chi connectivity index (χ1) is 13.2. The number of likely N-dealkylation sites (tertiary alicyclic amines) is 1. The number of aryl methyl sites for hydroxylation is 1. The van der Waals surface area contributed by atoms with Gasteiger partial charge in [0.2, 0.25) is 0 Å². The molecule has 1 aliphatic rings. The molecule has 2 aromatic heterocycles. The van der Waals surface area contributed by atoms with E-state index in [0.29, 0.717) is 11.4 Å². The van der Waals surface area contributed by atoms with Gasteiger partial charge < -0.3 is 4.90 Å². The number of hydrogen-bond donors (Lipinski definition) is 2. The fourth-order valence-corrected chi connectivity index (χ4v) is 3.64. The van der Waals surface area contributed by atoms with E-state index in [2.05, 4.69) is 39.8 Å². The Balaban J connectivity index is 1.36. The first-order valence-electron chi connectivity index (χ1n) is 9.37. The van der Waals surface area contributed by atoms with Crippen LogP contribution in [0.4, 0.5) is 0 Å². The van der Waals surface area contributed by atoms with Gasteiger partial charge >= 0.3 is 0 Å². The molecule has 0 radical (unpaired) electrons. The van der Waals surface area contributed by atoms with E-state index < -0.39 is 0 Å². The lowest BCUT2D eigenvalue weighted by Crippen LogP contribution is -3.11. The Morgan fingerprint density at radius 1 is 1.15 bits per heavy atom. The highest BCUT2D eigenvalue weighted by molar-refractivity contribution is 5.96. The molecular weight excluding hydrogens is 338 g/mol. The molecule has 1 aromatic carbocycles. The van der Waals surface area contributed by atoms with E-state index in [0.717, 1.165) is 43.8 Å². The van der Waals surface area contributed by atoms with E-state index in [1.54, 1.807) is 9.30 Å². The van der Waals surface area contributed by atoms with Gasteiger partial charge in [0.1, 0.15) is 17.9 Å². The molecule has 6 heteroatoms. The number of amides is 1. The van der Waals surface area contributed by atoms with Crippen molar-refractivity contribution in [2.45, 2.75) is 26.3 Å². The summed E-state index contributed by atoms with van der Waals surface area (Å²) in [5, 5.41) is 4.39. The van der Waals surface area contributed by atoms with Gasteiger partial charge in [-0.15, -0.1) is 0 Å². The van der Waals surface area contributed by atoms with Gasteiger partial charge in [-0.3, -0.25) is 9.20 Å². The number of rotatable bonds is 4. The van der Waals surface area contributed by atoms with E-state index in [1.165, 1.54) is 5.56 Å². The first kappa shape index (κ1) is 17.4. The number of pyridine rings is 1. The molecule has 4 rings (SSSR count). The molecule has 1 saturated heterocycles. The van der Waals surface area contributed by atoms with Crippen molar-refractivity contribution >= 4 is 17.3 Å². The number of carbonyl (C=O) groups excluding carboxylic acids is 1. The minimum atomic E-state index is -0.210. The lowest BCUT2D eigenvalue weighted by Gasteiger charge is -2.24. The van der Waals surface area contributed by atoms with E-state index in [-0.39, 0.29) is 5.91 Å². The third-order valence-electron chi connectivity index (χ3n) is 5.07. The molecule has 27 heavy (non-hydrogen) atoms. The summed E-state index contributed by atoms with van der Waals surface area (Å²) >= 11 is 0. The van der Waals surface area contributed by atoms with Crippen molar-refractivity contribution in [3.63, 3.8) is 0 Å². The second-order valence-electron chi connectivity index (χ2n) is 7.01. The number of benzene rings is 1. The molecule has 3 aromatic rings. The van der Waals surface area contributed by atoms with Crippen LogP contribution >= 0.6 is 0 Å². The van der Waals surface area contributed by atoms with E-state index >= 15 is 0 Å². The van der Waals surface area contributed by atoms with Crippen LogP contribution in [0.3, 0.4) is 0 Å². The minimum absolute atomic E-state index is 0.210. The second kappa shape index (κ2) is 7.72. The number of fused-ring (bicyclic) bond motifs is 1. The summed E-state index contributed by atoms with van der Waals surface area (Å²) in [5.74, 6) is -0.210. The number of nitrogens with zero attached hydrogens (tertiary/aromatic N) is 3. The van der Waals surface area contributed by atoms with Gasteiger partial charge in [-0.1, -0.05) is 36.4 Å². The van der Waals surface area contributed by atoms with E-state index in [4.69, 9.17) is 0 Å². The number of imidazole rings is 1. The van der Waals surface area contributed by atoms with E-state index in [9.17, 15) is 4.79 Å². The van der Waals surface area contributed by atoms with Crippen LogP contribution < -0.4 is 10.3 Å². The summed E-state index contributed by atoms with van der Waals surface area (Å²) < 4.78 is 1.80. The van der Waals surface area contributed by atoms with Gasteiger partial charge in [0, 0.05) is 30.3 Å². The molecule has 0 saturated carbocycles. The number of hydrogen-bond acceptors (Lipinski definition) is 3. The maximum absolute atomic E-state index is 12.6. The fraction of sp³-hybridized carbons (Fsp3) is 0.286. The number of aromatic nitrogens is 2. The molecule has 0 unspecified atom stereocenters. The number of hydrazone groups is 1. The molecule has 1 fully saturated rings. The smallest absolute Gasteiger partial charge is 0.290 e. The highest BCUT2D eigenvalue weighted by atomic mass is 16.2. The molecule has 0 bridgehead atoms. The van der Waals surface area contributed by atoms with Gasteiger partial charge in [0.25, 0.3) is 5.91 Å².